The van der Waals surface area contributed by atoms with Gasteiger partial charge in [0.2, 0.25) is 5.91 Å². The monoisotopic (exact) mass is 377 g/mol. The molecule has 146 valence electrons. The van der Waals surface area contributed by atoms with Crippen LogP contribution < -0.4 is 16.0 Å². The summed E-state index contributed by atoms with van der Waals surface area (Å²) in [5.74, 6) is 0.272. The van der Waals surface area contributed by atoms with Gasteiger partial charge in [0.1, 0.15) is 11.6 Å². The highest BCUT2D eigenvalue weighted by Crippen LogP contribution is 2.55. The van der Waals surface area contributed by atoms with Crippen molar-refractivity contribution in [1.29, 1.82) is 0 Å². The van der Waals surface area contributed by atoms with Gasteiger partial charge in [-0.1, -0.05) is 0 Å². The standard InChI is InChI=1S/C20H25F2N3O2/c21-15-1-2-17(16(22)8-15)24-18(26)3-4-23-19(27)25-20-9-12-5-13(10-20)7-14(6-12)11-20/h1-2,8,12-14H,3-7,9-11H2,(H,24,26)(H2,23,25,27). The summed E-state index contributed by atoms with van der Waals surface area (Å²) in [5.41, 5.74) is -0.141. The van der Waals surface area contributed by atoms with Crippen LogP contribution in [-0.4, -0.2) is 24.0 Å². The molecule has 0 atom stereocenters. The van der Waals surface area contributed by atoms with E-state index < -0.39 is 17.5 Å². The Morgan fingerprint density at radius 2 is 1.67 bits per heavy atom. The fourth-order valence-corrected chi connectivity index (χ4v) is 5.64. The molecular formula is C20H25F2N3O2. The van der Waals surface area contributed by atoms with Gasteiger partial charge in [0, 0.05) is 24.6 Å². The Bertz CT molecular complexity index is 717. The number of carbonyl (C=O) groups is 2. The molecular weight excluding hydrogens is 352 g/mol. The van der Waals surface area contributed by atoms with Gasteiger partial charge in [-0.2, -0.15) is 0 Å². The molecule has 5 nitrogen and oxygen atoms in total. The lowest BCUT2D eigenvalue weighted by Crippen LogP contribution is -2.61. The lowest BCUT2D eigenvalue weighted by Gasteiger charge is -2.56. The predicted octanol–water partition coefficient (Wildman–Crippen LogP) is 3.56. The largest absolute Gasteiger partial charge is 0.338 e. The molecule has 0 aromatic heterocycles. The van der Waals surface area contributed by atoms with Crippen LogP contribution >= 0.6 is 0 Å². The van der Waals surface area contributed by atoms with Crippen molar-refractivity contribution in [3.05, 3.63) is 29.8 Å². The molecule has 1 aromatic carbocycles. The lowest BCUT2D eigenvalue weighted by molar-refractivity contribution is -0.116. The van der Waals surface area contributed by atoms with Gasteiger partial charge in [-0.05, 0) is 68.4 Å². The molecule has 4 aliphatic carbocycles. The van der Waals surface area contributed by atoms with E-state index in [1.165, 1.54) is 25.3 Å². The average molecular weight is 377 g/mol. The minimum absolute atomic E-state index is 0.0190. The first kappa shape index (κ1) is 18.2. The second-order valence-corrected chi connectivity index (χ2v) is 8.50. The lowest BCUT2D eigenvalue weighted by atomic mass is 9.53. The molecule has 0 spiro atoms. The minimum Gasteiger partial charge on any atom is -0.338 e. The van der Waals surface area contributed by atoms with Crippen molar-refractivity contribution in [2.45, 2.75) is 50.5 Å². The van der Waals surface area contributed by atoms with E-state index in [1.54, 1.807) is 0 Å². The third-order valence-electron chi connectivity index (χ3n) is 6.26. The van der Waals surface area contributed by atoms with Gasteiger partial charge in [-0.3, -0.25) is 4.79 Å². The summed E-state index contributed by atoms with van der Waals surface area (Å²) in [7, 11) is 0. The van der Waals surface area contributed by atoms with E-state index in [0.717, 1.165) is 43.1 Å². The Labute approximate surface area is 157 Å². The van der Waals surface area contributed by atoms with Crippen molar-refractivity contribution in [3.8, 4) is 0 Å². The third kappa shape index (κ3) is 4.06. The van der Waals surface area contributed by atoms with E-state index in [-0.39, 0.29) is 30.2 Å². The zero-order valence-electron chi connectivity index (χ0n) is 15.2. The highest BCUT2D eigenvalue weighted by molar-refractivity contribution is 5.91. The zero-order valence-corrected chi connectivity index (χ0v) is 15.2. The molecule has 4 aliphatic rings. The molecule has 0 unspecified atom stereocenters. The summed E-state index contributed by atoms with van der Waals surface area (Å²) < 4.78 is 26.4. The maximum absolute atomic E-state index is 13.5. The smallest absolute Gasteiger partial charge is 0.315 e. The first-order chi connectivity index (χ1) is 12.9. The van der Waals surface area contributed by atoms with Crippen LogP contribution in [0, 0.1) is 29.4 Å². The Balaban J connectivity index is 1.22. The van der Waals surface area contributed by atoms with Crippen LogP contribution in [0.5, 0.6) is 0 Å². The van der Waals surface area contributed by atoms with E-state index in [1.807, 2.05) is 0 Å². The Morgan fingerprint density at radius 1 is 1.04 bits per heavy atom. The summed E-state index contributed by atoms with van der Waals surface area (Å²) >= 11 is 0. The van der Waals surface area contributed by atoms with Gasteiger partial charge < -0.3 is 16.0 Å². The summed E-state index contributed by atoms with van der Waals surface area (Å²) in [6.07, 6.45) is 7.14. The minimum atomic E-state index is -0.823. The SMILES string of the molecule is O=C(CCNC(=O)NC12CC3CC(CC(C3)C1)C2)Nc1ccc(F)cc1F. The van der Waals surface area contributed by atoms with Crippen LogP contribution in [0.3, 0.4) is 0 Å². The van der Waals surface area contributed by atoms with Crippen LogP contribution in [0.15, 0.2) is 18.2 Å². The number of nitrogens with one attached hydrogen (secondary N) is 3. The molecule has 3 amide bonds. The van der Waals surface area contributed by atoms with E-state index in [4.69, 9.17) is 0 Å². The maximum atomic E-state index is 13.5. The summed E-state index contributed by atoms with van der Waals surface area (Å²) in [5, 5.41) is 8.30. The molecule has 1 aromatic rings. The van der Waals surface area contributed by atoms with Crippen molar-refractivity contribution < 1.29 is 18.4 Å². The van der Waals surface area contributed by atoms with Gasteiger partial charge in [0.05, 0.1) is 5.69 Å². The van der Waals surface area contributed by atoms with Crippen molar-refractivity contribution >= 4 is 17.6 Å². The van der Waals surface area contributed by atoms with Crippen LogP contribution in [0.2, 0.25) is 0 Å². The van der Waals surface area contributed by atoms with Crippen LogP contribution in [-0.2, 0) is 4.79 Å². The van der Waals surface area contributed by atoms with Crippen molar-refractivity contribution in [2.75, 3.05) is 11.9 Å². The molecule has 0 radical (unpaired) electrons. The molecule has 0 saturated heterocycles. The average Bonchev–Trinajstić information content (AvgIpc) is 2.55. The van der Waals surface area contributed by atoms with Crippen molar-refractivity contribution in [1.82, 2.24) is 10.6 Å². The zero-order chi connectivity index (χ0) is 19.0. The van der Waals surface area contributed by atoms with Gasteiger partial charge in [-0.15, -0.1) is 0 Å². The Hall–Kier alpha value is -2.18. The predicted molar refractivity (Wildman–Crippen MR) is 97.0 cm³/mol. The number of halogens is 2. The summed E-state index contributed by atoms with van der Waals surface area (Å²) in [6, 6.07) is 2.73. The number of carbonyl (C=O) groups excluding carboxylic acids is 2. The van der Waals surface area contributed by atoms with Crippen LogP contribution in [0.4, 0.5) is 19.3 Å². The Kier molecular flexibility index (Phi) is 4.78. The van der Waals surface area contributed by atoms with Crippen molar-refractivity contribution in [2.24, 2.45) is 17.8 Å². The Morgan fingerprint density at radius 3 is 2.26 bits per heavy atom. The van der Waals surface area contributed by atoms with E-state index in [0.29, 0.717) is 6.07 Å². The normalized spacial score (nSPS) is 30.8. The van der Waals surface area contributed by atoms with Gasteiger partial charge in [0.15, 0.2) is 0 Å². The quantitative estimate of drug-likeness (QED) is 0.734. The molecule has 4 saturated carbocycles. The number of benzene rings is 1. The van der Waals surface area contributed by atoms with E-state index in [9.17, 15) is 18.4 Å². The van der Waals surface area contributed by atoms with Crippen molar-refractivity contribution in [3.63, 3.8) is 0 Å². The number of rotatable bonds is 5. The van der Waals surface area contributed by atoms with Crippen LogP contribution in [0.1, 0.15) is 44.9 Å². The third-order valence-corrected chi connectivity index (χ3v) is 6.26. The van der Waals surface area contributed by atoms with Gasteiger partial charge in [-0.25, -0.2) is 13.6 Å². The fourth-order valence-electron chi connectivity index (χ4n) is 5.64. The number of hydrogen-bond donors (Lipinski definition) is 3. The highest BCUT2D eigenvalue weighted by atomic mass is 19.1. The van der Waals surface area contributed by atoms with Gasteiger partial charge in [0.25, 0.3) is 0 Å². The highest BCUT2D eigenvalue weighted by Gasteiger charge is 2.51. The summed E-state index contributed by atoms with van der Waals surface area (Å²) in [6.45, 7) is 0.160. The molecule has 4 bridgehead atoms. The first-order valence-corrected chi connectivity index (χ1v) is 9.72. The fraction of sp³-hybridized carbons (Fsp3) is 0.600. The summed E-state index contributed by atoms with van der Waals surface area (Å²) in [4.78, 5) is 24.2. The molecule has 0 aliphatic heterocycles. The second-order valence-electron chi connectivity index (χ2n) is 8.50. The maximum Gasteiger partial charge on any atom is 0.315 e. The molecule has 0 heterocycles. The molecule has 7 heteroatoms. The van der Waals surface area contributed by atoms with E-state index >= 15 is 0 Å². The number of urea groups is 1. The second kappa shape index (κ2) is 7.09. The number of amides is 3. The molecule has 27 heavy (non-hydrogen) atoms. The van der Waals surface area contributed by atoms with Gasteiger partial charge >= 0.3 is 6.03 Å². The topological polar surface area (TPSA) is 70.2 Å². The number of anilines is 1. The molecule has 5 rings (SSSR count). The number of hydrogen-bond acceptors (Lipinski definition) is 2. The molecule has 3 N–H and O–H groups in total. The van der Waals surface area contributed by atoms with E-state index in [2.05, 4.69) is 16.0 Å². The van der Waals surface area contributed by atoms with Crippen LogP contribution in [0.25, 0.3) is 0 Å². The molecule has 4 fully saturated rings. The first-order valence-electron chi connectivity index (χ1n) is 9.72.